The molecule has 0 nitrogen and oxygen atoms in total. The Labute approximate surface area is 193 Å². The summed E-state index contributed by atoms with van der Waals surface area (Å²) in [7, 11) is 0. The van der Waals surface area contributed by atoms with Crippen LogP contribution in [0.15, 0.2) is 133 Å². The molecule has 0 aliphatic carbocycles. The first-order chi connectivity index (χ1) is 15.8. The molecule has 0 saturated heterocycles. The number of hydrogen-bond donors (Lipinski definition) is 0. The van der Waals surface area contributed by atoms with E-state index in [0.29, 0.717) is 0 Å². The van der Waals surface area contributed by atoms with Crippen LogP contribution in [0, 0.1) is 5.41 Å². The highest BCUT2D eigenvalue weighted by Crippen LogP contribution is 2.41. The molecule has 0 heteroatoms. The second-order valence-corrected chi connectivity index (χ2v) is 8.74. The number of benzene rings is 4. The van der Waals surface area contributed by atoms with Crippen LogP contribution in [0.2, 0.25) is 0 Å². The Morgan fingerprint density at radius 1 is 0.500 bits per heavy atom. The highest BCUT2D eigenvalue weighted by Gasteiger charge is 2.34. The zero-order valence-corrected chi connectivity index (χ0v) is 19.0. The van der Waals surface area contributed by atoms with E-state index in [1.54, 1.807) is 0 Å². The summed E-state index contributed by atoms with van der Waals surface area (Å²) in [5.74, 6) is 0. The summed E-state index contributed by atoms with van der Waals surface area (Å²) in [6.45, 7) is 2.22. The molecule has 0 aliphatic rings. The van der Waals surface area contributed by atoms with Crippen LogP contribution < -0.4 is 0 Å². The third-order valence-electron chi connectivity index (χ3n) is 6.42. The SMILES string of the molecule is CC=C(Cc1ccccc1)C(Cc1ccccc1)(Cc1ccccc1)Cc1ccccc1. The molecule has 0 amide bonds. The summed E-state index contributed by atoms with van der Waals surface area (Å²) < 4.78 is 0. The Balaban J connectivity index is 1.81. The Hall–Kier alpha value is -3.38. The minimum Gasteiger partial charge on any atom is -0.0875 e. The van der Waals surface area contributed by atoms with Gasteiger partial charge in [-0.3, -0.25) is 0 Å². The number of hydrogen-bond acceptors (Lipinski definition) is 0. The largest absolute Gasteiger partial charge is 0.0875 e. The second-order valence-electron chi connectivity index (χ2n) is 8.74. The normalized spacial score (nSPS) is 12.0. The van der Waals surface area contributed by atoms with Crippen molar-refractivity contribution in [2.75, 3.05) is 0 Å². The predicted octanol–water partition coefficient (Wildman–Crippen LogP) is 7.89. The highest BCUT2D eigenvalue weighted by atomic mass is 14.4. The summed E-state index contributed by atoms with van der Waals surface area (Å²) >= 11 is 0. The molecule has 0 saturated carbocycles. The monoisotopic (exact) mass is 416 g/mol. The van der Waals surface area contributed by atoms with Crippen molar-refractivity contribution >= 4 is 0 Å². The van der Waals surface area contributed by atoms with Gasteiger partial charge in [0, 0.05) is 5.41 Å². The fourth-order valence-corrected chi connectivity index (χ4v) is 4.90. The molecule has 0 spiro atoms. The fraction of sp³-hybridized carbons (Fsp3) is 0.188. The lowest BCUT2D eigenvalue weighted by atomic mass is 9.66. The fourth-order valence-electron chi connectivity index (χ4n) is 4.90. The van der Waals surface area contributed by atoms with Crippen molar-refractivity contribution in [3.63, 3.8) is 0 Å². The van der Waals surface area contributed by atoms with Gasteiger partial charge in [-0.2, -0.15) is 0 Å². The minimum atomic E-state index is -0.00531. The van der Waals surface area contributed by atoms with Crippen LogP contribution in [0.3, 0.4) is 0 Å². The molecule has 0 N–H and O–H groups in total. The first kappa shape index (κ1) is 21.8. The van der Waals surface area contributed by atoms with Gasteiger partial charge >= 0.3 is 0 Å². The molecule has 0 unspecified atom stereocenters. The first-order valence-corrected chi connectivity index (χ1v) is 11.6. The van der Waals surface area contributed by atoms with Crippen molar-refractivity contribution in [2.45, 2.75) is 32.6 Å². The van der Waals surface area contributed by atoms with Gasteiger partial charge in [0.05, 0.1) is 0 Å². The summed E-state index contributed by atoms with van der Waals surface area (Å²) in [5.41, 5.74) is 7.07. The average molecular weight is 417 g/mol. The number of rotatable bonds is 9. The molecule has 32 heavy (non-hydrogen) atoms. The molecule has 160 valence electrons. The summed E-state index contributed by atoms with van der Waals surface area (Å²) in [5, 5.41) is 0. The molecular weight excluding hydrogens is 384 g/mol. The number of allylic oxidation sites excluding steroid dienone is 2. The van der Waals surface area contributed by atoms with Crippen LogP contribution in [0.4, 0.5) is 0 Å². The van der Waals surface area contributed by atoms with E-state index in [1.165, 1.54) is 27.8 Å². The second kappa shape index (κ2) is 10.8. The maximum absolute atomic E-state index is 2.38. The van der Waals surface area contributed by atoms with Gasteiger partial charge in [0.1, 0.15) is 0 Å². The third kappa shape index (κ3) is 5.65. The molecule has 0 heterocycles. The lowest BCUT2D eigenvalue weighted by molar-refractivity contribution is 0.338. The smallest absolute Gasteiger partial charge is 0.00361 e. The van der Waals surface area contributed by atoms with Crippen LogP contribution in [0.1, 0.15) is 29.2 Å². The molecule has 4 aromatic rings. The van der Waals surface area contributed by atoms with Crippen LogP contribution in [0.25, 0.3) is 0 Å². The standard InChI is InChI=1S/C32H32/c1-2-31(23-27-15-7-3-8-16-27)32(24-28-17-9-4-10-18-28,25-29-19-11-5-12-20-29)26-30-21-13-6-14-22-30/h2-22H,23-26H2,1H3. The zero-order valence-electron chi connectivity index (χ0n) is 19.0. The quantitative estimate of drug-likeness (QED) is 0.243. The molecule has 0 aliphatic heterocycles. The molecule has 4 rings (SSSR count). The molecule has 0 radical (unpaired) electrons. The van der Waals surface area contributed by atoms with Crippen molar-refractivity contribution in [1.29, 1.82) is 0 Å². The minimum absolute atomic E-state index is 0.00531. The van der Waals surface area contributed by atoms with Crippen LogP contribution in [-0.2, 0) is 25.7 Å². The van der Waals surface area contributed by atoms with Gasteiger partial charge in [0.25, 0.3) is 0 Å². The van der Waals surface area contributed by atoms with Crippen molar-refractivity contribution in [1.82, 2.24) is 0 Å². The van der Waals surface area contributed by atoms with Crippen LogP contribution in [-0.4, -0.2) is 0 Å². The van der Waals surface area contributed by atoms with Crippen LogP contribution in [0.5, 0.6) is 0 Å². The summed E-state index contributed by atoms with van der Waals surface area (Å²) in [6.07, 6.45) is 6.41. The van der Waals surface area contributed by atoms with Gasteiger partial charge in [0.15, 0.2) is 0 Å². The van der Waals surface area contributed by atoms with Gasteiger partial charge in [-0.05, 0) is 54.9 Å². The molecule has 4 aromatic carbocycles. The molecular formula is C32H32. The van der Waals surface area contributed by atoms with Crippen molar-refractivity contribution in [2.24, 2.45) is 5.41 Å². The molecule has 0 aromatic heterocycles. The van der Waals surface area contributed by atoms with E-state index in [9.17, 15) is 0 Å². The zero-order chi connectivity index (χ0) is 22.1. The maximum atomic E-state index is 2.38. The van der Waals surface area contributed by atoms with Crippen molar-refractivity contribution in [3.05, 3.63) is 155 Å². The van der Waals surface area contributed by atoms with E-state index in [0.717, 1.165) is 25.7 Å². The van der Waals surface area contributed by atoms with E-state index in [-0.39, 0.29) is 5.41 Å². The van der Waals surface area contributed by atoms with E-state index >= 15 is 0 Å². The van der Waals surface area contributed by atoms with Gasteiger partial charge in [0.2, 0.25) is 0 Å². The van der Waals surface area contributed by atoms with E-state index in [2.05, 4.69) is 134 Å². The molecule has 0 fully saturated rings. The lowest BCUT2D eigenvalue weighted by Gasteiger charge is -2.38. The summed E-state index contributed by atoms with van der Waals surface area (Å²) in [4.78, 5) is 0. The van der Waals surface area contributed by atoms with Crippen LogP contribution >= 0.6 is 0 Å². The van der Waals surface area contributed by atoms with E-state index < -0.39 is 0 Å². The highest BCUT2D eigenvalue weighted by molar-refractivity contribution is 5.34. The Bertz CT molecular complexity index is 992. The molecule has 0 bridgehead atoms. The Kier molecular flexibility index (Phi) is 7.35. The average Bonchev–Trinajstić information content (AvgIpc) is 2.85. The predicted molar refractivity (Wildman–Crippen MR) is 137 cm³/mol. The van der Waals surface area contributed by atoms with E-state index in [1.807, 2.05) is 0 Å². The van der Waals surface area contributed by atoms with Crippen molar-refractivity contribution in [3.8, 4) is 0 Å². The lowest BCUT2D eigenvalue weighted by Crippen LogP contribution is -2.33. The third-order valence-corrected chi connectivity index (χ3v) is 6.42. The topological polar surface area (TPSA) is 0 Å². The van der Waals surface area contributed by atoms with Gasteiger partial charge in [-0.25, -0.2) is 0 Å². The summed E-state index contributed by atoms with van der Waals surface area (Å²) in [6, 6.07) is 43.9. The first-order valence-electron chi connectivity index (χ1n) is 11.6. The Morgan fingerprint density at radius 2 is 0.812 bits per heavy atom. The van der Waals surface area contributed by atoms with E-state index in [4.69, 9.17) is 0 Å². The molecule has 0 atom stereocenters. The maximum Gasteiger partial charge on any atom is 0.00361 e. The van der Waals surface area contributed by atoms with Gasteiger partial charge in [-0.15, -0.1) is 0 Å². The van der Waals surface area contributed by atoms with Crippen molar-refractivity contribution < 1.29 is 0 Å². The van der Waals surface area contributed by atoms with Gasteiger partial charge < -0.3 is 0 Å². The Morgan fingerprint density at radius 3 is 1.12 bits per heavy atom. The van der Waals surface area contributed by atoms with Gasteiger partial charge in [-0.1, -0.05) is 133 Å².